The van der Waals surface area contributed by atoms with Crippen molar-refractivity contribution in [1.82, 2.24) is 10.2 Å². The molecule has 34 heavy (non-hydrogen) atoms. The summed E-state index contributed by atoms with van der Waals surface area (Å²) in [4.78, 5) is 29.4. The van der Waals surface area contributed by atoms with Gasteiger partial charge in [-0.25, -0.2) is 0 Å². The Kier molecular flexibility index (Phi) is 10.2. The third-order valence-electron chi connectivity index (χ3n) is 5.90. The predicted octanol–water partition coefficient (Wildman–Crippen LogP) is 6.10. The van der Waals surface area contributed by atoms with Gasteiger partial charge in [0.05, 0.1) is 10.6 Å². The molecule has 2 N–H and O–H groups in total. The summed E-state index contributed by atoms with van der Waals surface area (Å²) in [6.07, 6.45) is 7.68. The van der Waals surface area contributed by atoms with Crippen LogP contribution in [-0.2, 0) is 4.79 Å². The van der Waals surface area contributed by atoms with E-state index in [0.717, 1.165) is 36.5 Å². The van der Waals surface area contributed by atoms with Gasteiger partial charge in [-0.3, -0.25) is 9.59 Å². The predicted molar refractivity (Wildman–Crippen MR) is 143 cm³/mol. The van der Waals surface area contributed by atoms with Crippen molar-refractivity contribution in [1.29, 1.82) is 0 Å². The summed E-state index contributed by atoms with van der Waals surface area (Å²) in [5.41, 5.74) is 3.43. The van der Waals surface area contributed by atoms with Gasteiger partial charge in [0.25, 0.3) is 11.8 Å². The molecule has 2 amide bonds. The number of hydrogen-bond acceptors (Lipinski definition) is 4. The number of carbonyl (C=O) groups excluding carboxylic acids is 2. The quantitative estimate of drug-likeness (QED) is 0.285. The Balaban J connectivity index is 1.54. The number of amides is 2. The van der Waals surface area contributed by atoms with E-state index in [-0.39, 0.29) is 11.8 Å². The highest BCUT2D eigenvalue weighted by atomic mass is 32.2. The van der Waals surface area contributed by atoms with Crippen molar-refractivity contribution in [3.05, 3.63) is 64.1 Å². The molecule has 1 aliphatic heterocycles. The Labute approximate surface area is 208 Å². The van der Waals surface area contributed by atoms with Crippen molar-refractivity contribution in [3.63, 3.8) is 0 Å². The van der Waals surface area contributed by atoms with Crippen LogP contribution in [0.5, 0.6) is 0 Å². The molecule has 1 aliphatic rings. The number of nitrogens with one attached hydrogen (secondary N) is 2. The Morgan fingerprint density at radius 1 is 1.00 bits per heavy atom. The minimum absolute atomic E-state index is 0.100. The van der Waals surface area contributed by atoms with Crippen molar-refractivity contribution in [2.24, 2.45) is 0 Å². The highest BCUT2D eigenvalue weighted by molar-refractivity contribution is 8.04. The molecule has 0 atom stereocenters. The van der Waals surface area contributed by atoms with Crippen LogP contribution in [0.3, 0.4) is 0 Å². The molecule has 3 rings (SSSR count). The number of nitrogens with zero attached hydrogens (tertiary/aromatic N) is 1. The summed E-state index contributed by atoms with van der Waals surface area (Å²) in [6.45, 7) is 10.4. The van der Waals surface area contributed by atoms with Crippen molar-refractivity contribution in [3.8, 4) is 0 Å². The smallest absolute Gasteiger partial charge is 0.262 e. The van der Waals surface area contributed by atoms with Crippen LogP contribution in [0, 0.1) is 6.92 Å². The molecule has 2 aromatic carbocycles. The van der Waals surface area contributed by atoms with Gasteiger partial charge in [0.1, 0.15) is 0 Å². The SMILES string of the molecule is CCCCN(CCCC)CCCNC(=O)c1ccc2c(c1)NC(=O)C(=Cc1ccc(C)cc1)S2. The number of aryl methyl sites for hydroxylation is 1. The first-order chi connectivity index (χ1) is 16.5. The van der Waals surface area contributed by atoms with E-state index in [0.29, 0.717) is 22.7 Å². The average molecular weight is 480 g/mol. The minimum Gasteiger partial charge on any atom is -0.352 e. The van der Waals surface area contributed by atoms with E-state index in [1.54, 1.807) is 6.07 Å². The van der Waals surface area contributed by atoms with Gasteiger partial charge < -0.3 is 15.5 Å². The van der Waals surface area contributed by atoms with Gasteiger partial charge >= 0.3 is 0 Å². The highest BCUT2D eigenvalue weighted by Crippen LogP contribution is 2.39. The lowest BCUT2D eigenvalue weighted by atomic mass is 10.1. The molecule has 0 aromatic heterocycles. The summed E-state index contributed by atoms with van der Waals surface area (Å²) in [5, 5.41) is 5.98. The van der Waals surface area contributed by atoms with Gasteiger partial charge in [-0.2, -0.15) is 0 Å². The molecule has 0 spiro atoms. The van der Waals surface area contributed by atoms with E-state index in [9.17, 15) is 9.59 Å². The minimum atomic E-state index is -0.144. The summed E-state index contributed by atoms with van der Waals surface area (Å²) in [5.74, 6) is -0.244. The third kappa shape index (κ3) is 7.74. The molecular formula is C28H37N3O2S. The maximum Gasteiger partial charge on any atom is 0.262 e. The molecule has 0 saturated heterocycles. The van der Waals surface area contributed by atoms with E-state index in [1.165, 1.54) is 43.0 Å². The second-order valence-corrected chi connectivity index (χ2v) is 9.93. The van der Waals surface area contributed by atoms with Gasteiger partial charge in [0, 0.05) is 17.0 Å². The number of hydrogen-bond donors (Lipinski definition) is 2. The molecule has 0 saturated carbocycles. The number of carbonyl (C=O) groups is 2. The molecule has 6 heteroatoms. The number of unbranched alkanes of at least 4 members (excludes halogenated alkanes) is 2. The fraction of sp³-hybridized carbons (Fsp3) is 0.429. The second kappa shape index (κ2) is 13.4. The van der Waals surface area contributed by atoms with E-state index >= 15 is 0 Å². The summed E-state index contributed by atoms with van der Waals surface area (Å²) in [6, 6.07) is 13.6. The molecule has 1 heterocycles. The number of rotatable bonds is 12. The molecule has 2 aromatic rings. The fourth-order valence-corrected chi connectivity index (χ4v) is 4.75. The van der Waals surface area contributed by atoms with Crippen LogP contribution in [-0.4, -0.2) is 42.9 Å². The van der Waals surface area contributed by atoms with E-state index in [2.05, 4.69) is 29.4 Å². The molecule has 0 unspecified atom stereocenters. The Morgan fingerprint density at radius 3 is 2.35 bits per heavy atom. The van der Waals surface area contributed by atoms with Crippen LogP contribution in [0.4, 0.5) is 5.69 Å². The van der Waals surface area contributed by atoms with Crippen LogP contribution in [0.25, 0.3) is 6.08 Å². The zero-order valence-electron chi connectivity index (χ0n) is 20.7. The summed E-state index contributed by atoms with van der Waals surface area (Å²) in [7, 11) is 0. The largest absolute Gasteiger partial charge is 0.352 e. The van der Waals surface area contributed by atoms with Crippen LogP contribution in [0.15, 0.2) is 52.3 Å². The number of benzene rings is 2. The zero-order valence-corrected chi connectivity index (χ0v) is 21.5. The molecule has 5 nitrogen and oxygen atoms in total. The molecular weight excluding hydrogens is 442 g/mol. The van der Waals surface area contributed by atoms with Gasteiger partial charge in [-0.15, -0.1) is 0 Å². The van der Waals surface area contributed by atoms with Crippen LogP contribution < -0.4 is 10.6 Å². The molecule has 0 radical (unpaired) electrons. The number of anilines is 1. The Hall–Kier alpha value is -2.57. The fourth-order valence-electron chi connectivity index (χ4n) is 3.82. The first-order valence-corrected chi connectivity index (χ1v) is 13.2. The lowest BCUT2D eigenvalue weighted by Crippen LogP contribution is -2.31. The number of thioether (sulfide) groups is 1. The highest BCUT2D eigenvalue weighted by Gasteiger charge is 2.22. The monoisotopic (exact) mass is 479 g/mol. The normalized spacial score (nSPS) is 14.2. The molecule has 0 fully saturated rings. The van der Waals surface area contributed by atoms with Gasteiger partial charge in [-0.1, -0.05) is 68.3 Å². The average Bonchev–Trinajstić information content (AvgIpc) is 2.84. The van der Waals surface area contributed by atoms with Crippen LogP contribution in [0.1, 0.15) is 67.4 Å². The second-order valence-electron chi connectivity index (χ2n) is 8.84. The maximum absolute atomic E-state index is 12.7. The van der Waals surface area contributed by atoms with Crippen molar-refractivity contribution >= 4 is 35.3 Å². The van der Waals surface area contributed by atoms with Crippen molar-refractivity contribution in [2.45, 2.75) is 57.8 Å². The molecule has 182 valence electrons. The zero-order chi connectivity index (χ0) is 24.3. The first kappa shape index (κ1) is 26.0. The van der Waals surface area contributed by atoms with Gasteiger partial charge in [0.15, 0.2) is 0 Å². The maximum atomic E-state index is 12.7. The van der Waals surface area contributed by atoms with Crippen molar-refractivity contribution < 1.29 is 9.59 Å². The van der Waals surface area contributed by atoms with Crippen LogP contribution >= 0.6 is 11.8 Å². The number of fused-ring (bicyclic) bond motifs is 1. The molecule has 0 bridgehead atoms. The topological polar surface area (TPSA) is 61.4 Å². The Morgan fingerprint density at radius 2 is 1.68 bits per heavy atom. The van der Waals surface area contributed by atoms with E-state index in [1.807, 2.05) is 49.4 Å². The first-order valence-electron chi connectivity index (χ1n) is 12.4. The van der Waals surface area contributed by atoms with E-state index < -0.39 is 0 Å². The summed E-state index contributed by atoms with van der Waals surface area (Å²) < 4.78 is 0. The van der Waals surface area contributed by atoms with Crippen LogP contribution in [0.2, 0.25) is 0 Å². The lowest BCUT2D eigenvalue weighted by molar-refractivity contribution is -0.112. The Bertz CT molecular complexity index is 993. The lowest BCUT2D eigenvalue weighted by Gasteiger charge is -2.22. The van der Waals surface area contributed by atoms with Gasteiger partial charge in [-0.05, 0) is 75.7 Å². The van der Waals surface area contributed by atoms with E-state index in [4.69, 9.17) is 0 Å². The van der Waals surface area contributed by atoms with Crippen molar-refractivity contribution in [2.75, 3.05) is 31.5 Å². The summed E-state index contributed by atoms with van der Waals surface area (Å²) >= 11 is 1.43. The molecule has 0 aliphatic carbocycles. The standard InChI is InChI=1S/C28H37N3O2S/c1-4-6-16-31(17-7-5-2)18-8-15-29-27(32)23-13-14-25-24(20-23)30-28(33)26(34-25)19-22-11-9-21(3)10-12-22/h9-14,19-20H,4-8,15-18H2,1-3H3,(H,29,32)(H,30,33). The van der Waals surface area contributed by atoms with Gasteiger partial charge in [0.2, 0.25) is 0 Å². The third-order valence-corrected chi connectivity index (χ3v) is 7.00.